The van der Waals surface area contributed by atoms with Gasteiger partial charge in [-0.1, -0.05) is 35.2 Å². The first kappa shape index (κ1) is 16.6. The Morgan fingerprint density at radius 2 is 1.45 bits per heavy atom. The molecule has 2 aliphatic rings. The molecule has 1 aliphatic carbocycles. The maximum Gasteiger partial charge on any atom is 0.401 e. The molecule has 0 bridgehead atoms. The SMILES string of the molecule is FC(F)(F)CN1CCN(CC2(CBr)CCCCC2)CC1. The molecule has 0 aromatic rings. The van der Waals surface area contributed by atoms with E-state index in [0.29, 0.717) is 18.5 Å². The topological polar surface area (TPSA) is 6.48 Å². The van der Waals surface area contributed by atoms with Crippen LogP contribution in [0.2, 0.25) is 0 Å². The number of halogens is 4. The molecule has 0 amide bonds. The average molecular weight is 357 g/mol. The van der Waals surface area contributed by atoms with Crippen LogP contribution in [0.15, 0.2) is 0 Å². The Kier molecular flexibility index (Phi) is 5.77. The van der Waals surface area contributed by atoms with Crippen molar-refractivity contribution in [1.82, 2.24) is 9.80 Å². The highest BCUT2D eigenvalue weighted by Gasteiger charge is 2.35. The third-order valence-corrected chi connectivity index (χ3v) is 5.81. The molecule has 2 rings (SSSR count). The summed E-state index contributed by atoms with van der Waals surface area (Å²) in [6, 6.07) is 0. The Hall–Kier alpha value is 0.190. The predicted octanol–water partition coefficient (Wildman–Crippen LogP) is 3.51. The van der Waals surface area contributed by atoms with E-state index in [4.69, 9.17) is 0 Å². The zero-order chi connectivity index (χ0) is 14.6. The minimum absolute atomic E-state index is 0.352. The second-order valence-electron chi connectivity index (χ2n) is 6.36. The minimum Gasteiger partial charge on any atom is -0.300 e. The second kappa shape index (κ2) is 6.97. The Labute approximate surface area is 127 Å². The summed E-state index contributed by atoms with van der Waals surface area (Å²) in [7, 11) is 0. The lowest BCUT2D eigenvalue weighted by Gasteiger charge is -2.43. The van der Waals surface area contributed by atoms with Crippen molar-refractivity contribution in [2.24, 2.45) is 5.41 Å². The fraction of sp³-hybridized carbons (Fsp3) is 1.00. The average Bonchev–Trinajstić information content (AvgIpc) is 2.40. The molecule has 1 saturated carbocycles. The molecule has 20 heavy (non-hydrogen) atoms. The maximum absolute atomic E-state index is 12.4. The van der Waals surface area contributed by atoms with E-state index >= 15 is 0 Å². The highest BCUT2D eigenvalue weighted by atomic mass is 79.9. The zero-order valence-electron chi connectivity index (χ0n) is 11.9. The summed E-state index contributed by atoms with van der Waals surface area (Å²) >= 11 is 3.66. The molecule has 1 heterocycles. The van der Waals surface area contributed by atoms with Crippen LogP contribution in [0.4, 0.5) is 13.2 Å². The third kappa shape index (κ3) is 4.88. The molecule has 0 N–H and O–H groups in total. The van der Waals surface area contributed by atoms with Crippen molar-refractivity contribution in [3.05, 3.63) is 0 Å². The summed E-state index contributed by atoms with van der Waals surface area (Å²) < 4.78 is 37.1. The van der Waals surface area contributed by atoms with Gasteiger partial charge in [0.2, 0.25) is 0 Å². The number of alkyl halides is 4. The van der Waals surface area contributed by atoms with Crippen LogP contribution in [0.5, 0.6) is 0 Å². The van der Waals surface area contributed by atoms with E-state index in [1.807, 2.05) is 0 Å². The van der Waals surface area contributed by atoms with E-state index in [0.717, 1.165) is 25.0 Å². The molecular formula is C14H24BrF3N2. The van der Waals surface area contributed by atoms with Crippen molar-refractivity contribution in [3.63, 3.8) is 0 Å². The lowest BCUT2D eigenvalue weighted by molar-refractivity contribution is -0.149. The fourth-order valence-corrected chi connectivity index (χ4v) is 4.21. The lowest BCUT2D eigenvalue weighted by atomic mass is 9.75. The van der Waals surface area contributed by atoms with Crippen molar-refractivity contribution in [2.75, 3.05) is 44.6 Å². The van der Waals surface area contributed by atoms with Gasteiger partial charge >= 0.3 is 6.18 Å². The molecule has 0 aromatic heterocycles. The molecule has 2 fully saturated rings. The maximum atomic E-state index is 12.4. The first-order valence-corrected chi connectivity index (χ1v) is 8.62. The smallest absolute Gasteiger partial charge is 0.300 e. The van der Waals surface area contributed by atoms with Crippen LogP contribution in [0.3, 0.4) is 0 Å². The van der Waals surface area contributed by atoms with Gasteiger partial charge in [-0.05, 0) is 18.3 Å². The number of hydrogen-bond acceptors (Lipinski definition) is 2. The summed E-state index contributed by atoms with van der Waals surface area (Å²) in [6.07, 6.45) is 2.35. The van der Waals surface area contributed by atoms with E-state index in [2.05, 4.69) is 20.8 Å². The van der Waals surface area contributed by atoms with Gasteiger partial charge in [0.15, 0.2) is 0 Å². The van der Waals surface area contributed by atoms with Crippen LogP contribution in [-0.4, -0.2) is 60.6 Å². The molecule has 0 spiro atoms. The lowest BCUT2D eigenvalue weighted by Crippen LogP contribution is -2.52. The first-order valence-electron chi connectivity index (χ1n) is 7.50. The summed E-state index contributed by atoms with van der Waals surface area (Å²) in [6.45, 7) is 2.90. The van der Waals surface area contributed by atoms with Crippen LogP contribution in [0.1, 0.15) is 32.1 Å². The molecule has 118 valence electrons. The third-order valence-electron chi connectivity index (χ3n) is 4.62. The Balaban J connectivity index is 1.78. The van der Waals surface area contributed by atoms with Crippen molar-refractivity contribution in [3.8, 4) is 0 Å². The van der Waals surface area contributed by atoms with Gasteiger partial charge in [-0.25, -0.2) is 0 Å². The van der Waals surface area contributed by atoms with Gasteiger partial charge in [0.1, 0.15) is 0 Å². The molecular weight excluding hydrogens is 333 g/mol. The monoisotopic (exact) mass is 356 g/mol. The quantitative estimate of drug-likeness (QED) is 0.711. The summed E-state index contributed by atoms with van der Waals surface area (Å²) in [5.41, 5.74) is 0.352. The van der Waals surface area contributed by atoms with E-state index in [9.17, 15) is 13.2 Å². The van der Waals surface area contributed by atoms with Crippen LogP contribution in [0.25, 0.3) is 0 Å². The van der Waals surface area contributed by atoms with E-state index in [1.54, 1.807) is 0 Å². The van der Waals surface area contributed by atoms with Crippen molar-refractivity contribution in [1.29, 1.82) is 0 Å². The second-order valence-corrected chi connectivity index (χ2v) is 6.92. The molecule has 6 heteroatoms. The Bertz CT molecular complexity index is 295. The number of rotatable bonds is 4. The number of piperazine rings is 1. The predicted molar refractivity (Wildman–Crippen MR) is 78.2 cm³/mol. The zero-order valence-corrected chi connectivity index (χ0v) is 13.5. The van der Waals surface area contributed by atoms with Crippen LogP contribution >= 0.6 is 15.9 Å². The minimum atomic E-state index is -4.07. The van der Waals surface area contributed by atoms with Crippen LogP contribution in [-0.2, 0) is 0 Å². The normalized spacial score (nSPS) is 25.8. The fourth-order valence-electron chi connectivity index (χ4n) is 3.47. The molecule has 2 nitrogen and oxygen atoms in total. The molecule has 0 atom stereocenters. The van der Waals surface area contributed by atoms with E-state index in [-0.39, 0.29) is 0 Å². The van der Waals surface area contributed by atoms with Gasteiger partial charge < -0.3 is 4.90 Å². The highest BCUT2D eigenvalue weighted by molar-refractivity contribution is 9.09. The van der Waals surface area contributed by atoms with Gasteiger partial charge in [0, 0.05) is 38.1 Å². The van der Waals surface area contributed by atoms with Crippen molar-refractivity contribution in [2.45, 2.75) is 38.3 Å². The van der Waals surface area contributed by atoms with Gasteiger partial charge in [0.05, 0.1) is 6.54 Å². The molecule has 0 unspecified atom stereocenters. The summed E-state index contributed by atoms with van der Waals surface area (Å²) in [5, 5.41) is 1.02. The molecule has 0 aromatic carbocycles. The Morgan fingerprint density at radius 3 is 1.95 bits per heavy atom. The van der Waals surface area contributed by atoms with Gasteiger partial charge in [-0.15, -0.1) is 0 Å². The Morgan fingerprint density at radius 1 is 0.900 bits per heavy atom. The largest absolute Gasteiger partial charge is 0.401 e. The van der Waals surface area contributed by atoms with E-state index < -0.39 is 12.7 Å². The highest BCUT2D eigenvalue weighted by Crippen LogP contribution is 2.38. The van der Waals surface area contributed by atoms with Gasteiger partial charge in [-0.2, -0.15) is 13.2 Å². The molecule has 1 aliphatic heterocycles. The standard InChI is InChI=1S/C14H24BrF3N2/c15-10-13(4-2-1-3-5-13)11-19-6-8-20(9-7-19)12-14(16,17)18/h1-12H2. The van der Waals surface area contributed by atoms with Crippen molar-refractivity contribution < 1.29 is 13.2 Å². The first-order chi connectivity index (χ1) is 9.42. The molecule has 0 radical (unpaired) electrons. The number of nitrogens with zero attached hydrogens (tertiary/aromatic N) is 2. The van der Waals surface area contributed by atoms with Gasteiger partial charge in [0.25, 0.3) is 0 Å². The summed E-state index contributed by atoms with van der Waals surface area (Å²) in [5.74, 6) is 0. The van der Waals surface area contributed by atoms with Crippen LogP contribution in [0, 0.1) is 5.41 Å². The molecule has 1 saturated heterocycles. The number of hydrogen-bond donors (Lipinski definition) is 0. The van der Waals surface area contributed by atoms with Crippen molar-refractivity contribution >= 4 is 15.9 Å². The van der Waals surface area contributed by atoms with E-state index in [1.165, 1.54) is 37.0 Å². The summed E-state index contributed by atoms with van der Waals surface area (Å²) in [4.78, 5) is 3.89. The van der Waals surface area contributed by atoms with Crippen LogP contribution < -0.4 is 0 Å². The van der Waals surface area contributed by atoms with Gasteiger partial charge in [-0.3, -0.25) is 4.90 Å².